The average Bonchev–Trinajstić information content (AvgIpc) is 2.41. The molecule has 2 N–H and O–H groups in total. The fourth-order valence-corrected chi connectivity index (χ4v) is 2.56. The van der Waals surface area contributed by atoms with Gasteiger partial charge >= 0.3 is 0 Å². The smallest absolute Gasteiger partial charge is 0.122 e. The van der Waals surface area contributed by atoms with Gasteiger partial charge in [-0.1, -0.05) is 13.3 Å². The van der Waals surface area contributed by atoms with E-state index >= 15 is 0 Å². The van der Waals surface area contributed by atoms with Crippen LogP contribution in [0.15, 0.2) is 18.2 Å². The van der Waals surface area contributed by atoms with Gasteiger partial charge in [0.05, 0.1) is 6.61 Å². The van der Waals surface area contributed by atoms with Gasteiger partial charge in [0.1, 0.15) is 5.75 Å². The van der Waals surface area contributed by atoms with E-state index < -0.39 is 0 Å². The Kier molecular flexibility index (Phi) is 5.08. The van der Waals surface area contributed by atoms with E-state index in [0.717, 1.165) is 38.3 Å². The first-order valence-corrected chi connectivity index (χ1v) is 7.44. The van der Waals surface area contributed by atoms with E-state index in [1.807, 2.05) is 0 Å². The first-order valence-electron chi connectivity index (χ1n) is 7.44. The van der Waals surface area contributed by atoms with Crippen molar-refractivity contribution in [3.63, 3.8) is 0 Å². The number of hydrogen-bond donors (Lipinski definition) is 1. The molecule has 19 heavy (non-hydrogen) atoms. The molecule has 1 fully saturated rings. The highest BCUT2D eigenvalue weighted by Gasteiger charge is 2.17. The van der Waals surface area contributed by atoms with Crippen LogP contribution in [0.25, 0.3) is 0 Å². The average molecular weight is 262 g/mol. The highest BCUT2D eigenvalue weighted by molar-refractivity contribution is 5.53. The Bertz CT molecular complexity index is 406. The first kappa shape index (κ1) is 14.2. The van der Waals surface area contributed by atoms with Gasteiger partial charge in [-0.05, 0) is 49.9 Å². The molecule has 1 aromatic rings. The molecule has 1 atom stereocenters. The zero-order valence-corrected chi connectivity index (χ0v) is 12.2. The highest BCUT2D eigenvalue weighted by atomic mass is 16.5. The molecule has 0 radical (unpaired) electrons. The van der Waals surface area contributed by atoms with Gasteiger partial charge in [-0.3, -0.25) is 0 Å². The second-order valence-electron chi connectivity index (χ2n) is 5.50. The van der Waals surface area contributed by atoms with Crippen molar-refractivity contribution in [1.82, 2.24) is 0 Å². The molecule has 1 saturated heterocycles. The van der Waals surface area contributed by atoms with E-state index in [1.165, 1.54) is 24.1 Å². The van der Waals surface area contributed by atoms with Crippen molar-refractivity contribution in [2.45, 2.75) is 45.6 Å². The maximum Gasteiger partial charge on any atom is 0.122 e. The summed E-state index contributed by atoms with van der Waals surface area (Å²) >= 11 is 0. The van der Waals surface area contributed by atoms with Gasteiger partial charge in [-0.25, -0.2) is 0 Å². The standard InChI is InChI=1S/C16H26N2O/c1-3-4-10-19-16-8-7-15(11-13(16)2)18-9-5-6-14(17)12-18/h7-8,11,14H,3-6,9-10,12,17H2,1-2H3. The molecule has 1 unspecified atom stereocenters. The van der Waals surface area contributed by atoms with Crippen LogP contribution in [0, 0.1) is 6.92 Å². The molecule has 1 aliphatic rings. The van der Waals surface area contributed by atoms with Crippen LogP contribution in [0.1, 0.15) is 38.2 Å². The minimum absolute atomic E-state index is 0.314. The topological polar surface area (TPSA) is 38.5 Å². The largest absolute Gasteiger partial charge is 0.493 e. The van der Waals surface area contributed by atoms with E-state index in [9.17, 15) is 0 Å². The fraction of sp³-hybridized carbons (Fsp3) is 0.625. The lowest BCUT2D eigenvalue weighted by molar-refractivity contribution is 0.307. The summed E-state index contributed by atoms with van der Waals surface area (Å²) in [5.74, 6) is 1.01. The molecule has 0 bridgehead atoms. The molecule has 1 heterocycles. The highest BCUT2D eigenvalue weighted by Crippen LogP contribution is 2.26. The molecular weight excluding hydrogens is 236 g/mol. The molecule has 2 rings (SSSR count). The third kappa shape index (κ3) is 3.87. The number of nitrogens with two attached hydrogens (primary N) is 1. The Morgan fingerprint density at radius 1 is 1.42 bits per heavy atom. The number of ether oxygens (including phenoxy) is 1. The molecule has 3 nitrogen and oxygen atoms in total. The normalized spacial score (nSPS) is 19.5. The van der Waals surface area contributed by atoms with Gasteiger partial charge in [0.15, 0.2) is 0 Å². The second kappa shape index (κ2) is 6.80. The minimum atomic E-state index is 0.314. The molecule has 0 amide bonds. The van der Waals surface area contributed by atoms with E-state index in [-0.39, 0.29) is 0 Å². The van der Waals surface area contributed by atoms with Crippen molar-refractivity contribution in [2.24, 2.45) is 5.73 Å². The predicted molar refractivity (Wildman–Crippen MR) is 81.0 cm³/mol. The lowest BCUT2D eigenvalue weighted by atomic mass is 10.1. The number of piperidine rings is 1. The molecular formula is C16H26N2O. The van der Waals surface area contributed by atoms with Crippen molar-refractivity contribution in [2.75, 3.05) is 24.6 Å². The van der Waals surface area contributed by atoms with Crippen molar-refractivity contribution in [1.29, 1.82) is 0 Å². The number of benzene rings is 1. The SMILES string of the molecule is CCCCOc1ccc(N2CCCC(N)C2)cc1C. The van der Waals surface area contributed by atoms with Crippen LogP contribution >= 0.6 is 0 Å². The summed E-state index contributed by atoms with van der Waals surface area (Å²) in [6.07, 6.45) is 4.62. The Balaban J connectivity index is 2.01. The molecule has 3 heteroatoms. The number of unbranched alkanes of at least 4 members (excludes halogenated alkanes) is 1. The summed E-state index contributed by atoms with van der Waals surface area (Å²) < 4.78 is 5.80. The van der Waals surface area contributed by atoms with Crippen molar-refractivity contribution in [3.05, 3.63) is 23.8 Å². The zero-order chi connectivity index (χ0) is 13.7. The van der Waals surface area contributed by atoms with Crippen LogP contribution in [0.2, 0.25) is 0 Å². The first-order chi connectivity index (χ1) is 9.20. The molecule has 1 aliphatic heterocycles. The van der Waals surface area contributed by atoms with Gasteiger partial charge in [-0.15, -0.1) is 0 Å². The minimum Gasteiger partial charge on any atom is -0.493 e. The van der Waals surface area contributed by atoms with Crippen LogP contribution in [-0.2, 0) is 0 Å². The molecule has 0 spiro atoms. The summed E-state index contributed by atoms with van der Waals surface area (Å²) in [7, 11) is 0. The van der Waals surface area contributed by atoms with Crippen molar-refractivity contribution < 1.29 is 4.74 Å². The quantitative estimate of drug-likeness (QED) is 0.829. The van der Waals surface area contributed by atoms with Crippen molar-refractivity contribution in [3.8, 4) is 5.75 Å². The second-order valence-corrected chi connectivity index (χ2v) is 5.50. The lowest BCUT2D eigenvalue weighted by Crippen LogP contribution is -2.42. The fourth-order valence-electron chi connectivity index (χ4n) is 2.56. The molecule has 1 aromatic carbocycles. The maximum atomic E-state index is 6.05. The summed E-state index contributed by atoms with van der Waals surface area (Å²) in [5, 5.41) is 0. The predicted octanol–water partition coefficient (Wildman–Crippen LogP) is 3.10. The number of aryl methyl sites for hydroxylation is 1. The number of nitrogens with zero attached hydrogens (tertiary/aromatic N) is 1. The Morgan fingerprint density at radius 3 is 2.95 bits per heavy atom. The third-order valence-electron chi connectivity index (χ3n) is 3.74. The zero-order valence-electron chi connectivity index (χ0n) is 12.2. The Morgan fingerprint density at radius 2 is 2.26 bits per heavy atom. The number of anilines is 1. The van der Waals surface area contributed by atoms with Gasteiger partial charge in [-0.2, -0.15) is 0 Å². The van der Waals surface area contributed by atoms with Crippen LogP contribution < -0.4 is 15.4 Å². The summed E-state index contributed by atoms with van der Waals surface area (Å²) in [6.45, 7) is 7.19. The van der Waals surface area contributed by atoms with E-state index in [1.54, 1.807) is 0 Å². The number of rotatable bonds is 5. The van der Waals surface area contributed by atoms with E-state index in [4.69, 9.17) is 10.5 Å². The summed E-state index contributed by atoms with van der Waals surface area (Å²) in [5.41, 5.74) is 8.53. The van der Waals surface area contributed by atoms with Gasteiger partial charge < -0.3 is 15.4 Å². The number of hydrogen-bond acceptors (Lipinski definition) is 3. The third-order valence-corrected chi connectivity index (χ3v) is 3.74. The van der Waals surface area contributed by atoms with Gasteiger partial charge in [0.2, 0.25) is 0 Å². The monoisotopic (exact) mass is 262 g/mol. The lowest BCUT2D eigenvalue weighted by Gasteiger charge is -2.33. The van der Waals surface area contributed by atoms with Gasteiger partial charge in [0, 0.05) is 24.8 Å². The summed E-state index contributed by atoms with van der Waals surface area (Å²) in [4.78, 5) is 2.39. The maximum absolute atomic E-state index is 6.05. The summed E-state index contributed by atoms with van der Waals surface area (Å²) in [6, 6.07) is 6.79. The van der Waals surface area contributed by atoms with Crippen LogP contribution in [0.3, 0.4) is 0 Å². The van der Waals surface area contributed by atoms with Gasteiger partial charge in [0.25, 0.3) is 0 Å². The Hall–Kier alpha value is -1.22. The molecule has 106 valence electrons. The Labute approximate surface area is 116 Å². The van der Waals surface area contributed by atoms with Crippen LogP contribution in [-0.4, -0.2) is 25.7 Å². The van der Waals surface area contributed by atoms with Crippen molar-refractivity contribution >= 4 is 5.69 Å². The van der Waals surface area contributed by atoms with Crippen LogP contribution in [0.5, 0.6) is 5.75 Å². The van der Waals surface area contributed by atoms with Crippen LogP contribution in [0.4, 0.5) is 5.69 Å². The molecule has 0 aromatic heterocycles. The van der Waals surface area contributed by atoms with E-state index in [0.29, 0.717) is 6.04 Å². The molecule has 0 aliphatic carbocycles. The molecule has 0 saturated carbocycles. The van der Waals surface area contributed by atoms with E-state index in [2.05, 4.69) is 36.9 Å².